The Balaban J connectivity index is 1.90. The number of aromatic nitrogens is 1. The summed E-state index contributed by atoms with van der Waals surface area (Å²) in [5, 5.41) is 10.5. The number of hydrogen-bond donors (Lipinski definition) is 1. The average Bonchev–Trinajstić information content (AvgIpc) is 3.18. The van der Waals surface area contributed by atoms with E-state index in [0.29, 0.717) is 37.8 Å². The van der Waals surface area contributed by atoms with Crippen molar-refractivity contribution in [1.29, 1.82) is 0 Å². The van der Waals surface area contributed by atoms with E-state index < -0.39 is 12.0 Å². The fourth-order valence-corrected chi connectivity index (χ4v) is 5.26. The number of ether oxygens (including phenoxy) is 3. The second-order valence-corrected chi connectivity index (χ2v) is 9.94. The minimum atomic E-state index is -0.714. The maximum absolute atomic E-state index is 13.8. The van der Waals surface area contributed by atoms with Crippen molar-refractivity contribution >= 4 is 23.4 Å². The highest BCUT2D eigenvalue weighted by molar-refractivity contribution is 7.07. The van der Waals surface area contributed by atoms with Crippen molar-refractivity contribution < 1.29 is 24.1 Å². The number of esters is 1. The molecule has 1 atom stereocenters. The molecule has 1 aliphatic heterocycles. The van der Waals surface area contributed by atoms with Gasteiger partial charge >= 0.3 is 5.97 Å². The highest BCUT2D eigenvalue weighted by Gasteiger charge is 2.33. The van der Waals surface area contributed by atoms with Gasteiger partial charge in [-0.15, -0.1) is 0 Å². The number of hydrogen-bond acceptors (Lipinski definition) is 8. The molecular weight excluding hydrogens is 492 g/mol. The number of fused-ring (bicyclic) bond motifs is 1. The van der Waals surface area contributed by atoms with E-state index in [-0.39, 0.29) is 24.5 Å². The largest absolute Gasteiger partial charge is 0.504 e. The molecule has 9 heteroatoms. The van der Waals surface area contributed by atoms with Crippen LogP contribution in [-0.4, -0.2) is 43.1 Å². The molecule has 0 spiro atoms. The lowest BCUT2D eigenvalue weighted by Gasteiger charge is -2.25. The Morgan fingerprint density at radius 3 is 2.54 bits per heavy atom. The molecule has 1 N–H and O–H groups in total. The number of methoxy groups -OCH3 is 2. The second kappa shape index (κ2) is 11.1. The molecule has 0 amide bonds. The van der Waals surface area contributed by atoms with Crippen molar-refractivity contribution in [3.8, 4) is 11.5 Å². The summed E-state index contributed by atoms with van der Waals surface area (Å²) in [5.41, 5.74) is 2.83. The molecule has 1 aromatic heterocycles. The lowest BCUT2D eigenvalue weighted by atomic mass is 9.93. The Morgan fingerprint density at radius 2 is 1.89 bits per heavy atom. The van der Waals surface area contributed by atoms with E-state index in [9.17, 15) is 14.7 Å². The Bertz CT molecular complexity index is 1520. The highest BCUT2D eigenvalue weighted by atomic mass is 32.1. The quantitative estimate of drug-likeness (QED) is 0.360. The van der Waals surface area contributed by atoms with Gasteiger partial charge in [-0.2, -0.15) is 0 Å². The van der Waals surface area contributed by atoms with Gasteiger partial charge in [0.15, 0.2) is 16.3 Å². The Kier molecular flexibility index (Phi) is 7.94. The van der Waals surface area contributed by atoms with E-state index in [2.05, 4.69) is 18.8 Å². The van der Waals surface area contributed by atoms with Gasteiger partial charge in [-0.1, -0.05) is 61.6 Å². The molecule has 0 fully saturated rings. The van der Waals surface area contributed by atoms with Crippen LogP contribution in [0.15, 0.2) is 63.5 Å². The molecule has 2 aromatic carbocycles. The van der Waals surface area contributed by atoms with Crippen LogP contribution >= 0.6 is 11.3 Å². The molecule has 4 rings (SSSR count). The first-order valence-corrected chi connectivity index (χ1v) is 12.7. The molecule has 0 saturated heterocycles. The number of para-hydroxylation sites is 1. The zero-order valence-electron chi connectivity index (χ0n) is 21.5. The zero-order valence-corrected chi connectivity index (χ0v) is 22.3. The first-order chi connectivity index (χ1) is 17.8. The lowest BCUT2D eigenvalue weighted by Crippen LogP contribution is -2.40. The Labute approximate surface area is 218 Å². The number of rotatable bonds is 8. The number of allylic oxidation sites excluding steroid dienone is 1. The minimum absolute atomic E-state index is 0.0600. The number of phenols is 1. The zero-order chi connectivity index (χ0) is 26.7. The number of carbonyl (C=O) groups excluding carboxylic acids is 1. The summed E-state index contributed by atoms with van der Waals surface area (Å²) in [6.07, 6.45) is 1.61. The van der Waals surface area contributed by atoms with Crippen molar-refractivity contribution in [3.63, 3.8) is 0 Å². The monoisotopic (exact) mass is 522 g/mol. The third-order valence-electron chi connectivity index (χ3n) is 6.22. The molecule has 0 aliphatic carbocycles. The van der Waals surface area contributed by atoms with E-state index in [1.807, 2.05) is 24.3 Å². The first-order valence-electron chi connectivity index (χ1n) is 11.9. The molecular formula is C28H30N2O6S. The SMILES string of the molecule is COCCOC(=O)C1=C(C)N=c2sc(=Cc3cccc(OC)c3O)c(=O)n2C1c1ccc(C(C)C)cc1. The van der Waals surface area contributed by atoms with Crippen molar-refractivity contribution in [3.05, 3.63) is 90.1 Å². The maximum Gasteiger partial charge on any atom is 0.338 e. The predicted molar refractivity (Wildman–Crippen MR) is 142 cm³/mol. The number of phenolic OH excluding ortho intramolecular Hbond substituents is 1. The molecule has 0 bridgehead atoms. The summed E-state index contributed by atoms with van der Waals surface area (Å²) < 4.78 is 17.6. The van der Waals surface area contributed by atoms with Crippen molar-refractivity contribution in [1.82, 2.24) is 4.57 Å². The first kappa shape index (κ1) is 26.4. The smallest absolute Gasteiger partial charge is 0.338 e. The molecule has 1 unspecified atom stereocenters. The second-order valence-electron chi connectivity index (χ2n) is 8.93. The number of aromatic hydroxyl groups is 1. The topological polar surface area (TPSA) is 99.4 Å². The molecule has 3 aromatic rings. The number of nitrogens with zero attached hydrogens (tertiary/aromatic N) is 2. The average molecular weight is 523 g/mol. The standard InChI is InChI=1S/C28H30N2O6S/c1-16(2)18-9-11-19(12-10-18)24-23(27(33)36-14-13-34-4)17(3)29-28-30(24)26(32)22(37-28)15-20-7-6-8-21(35-5)25(20)31/h6-12,15-16,24,31H,13-14H2,1-5H3. The minimum Gasteiger partial charge on any atom is -0.504 e. The van der Waals surface area contributed by atoms with Crippen molar-refractivity contribution in [2.24, 2.45) is 4.99 Å². The fraction of sp³-hybridized carbons (Fsp3) is 0.321. The Hall–Kier alpha value is -3.69. The van der Waals surface area contributed by atoms with Crippen LogP contribution in [0.5, 0.6) is 11.5 Å². The number of benzene rings is 2. The van der Waals surface area contributed by atoms with Crippen molar-refractivity contribution in [2.75, 3.05) is 27.4 Å². The predicted octanol–water partition coefficient (Wildman–Crippen LogP) is 3.26. The van der Waals surface area contributed by atoms with Crippen molar-refractivity contribution in [2.45, 2.75) is 32.7 Å². The van der Waals surface area contributed by atoms with Gasteiger partial charge in [0.05, 0.1) is 35.6 Å². The molecule has 194 valence electrons. The van der Waals surface area contributed by atoms with Crippen LogP contribution < -0.4 is 19.6 Å². The molecule has 8 nitrogen and oxygen atoms in total. The highest BCUT2D eigenvalue weighted by Crippen LogP contribution is 2.32. The lowest BCUT2D eigenvalue weighted by molar-refractivity contribution is -0.140. The van der Waals surface area contributed by atoms with Gasteiger partial charge in [0.2, 0.25) is 0 Å². The number of thiazole rings is 1. The van der Waals surface area contributed by atoms with Crippen LogP contribution in [0.3, 0.4) is 0 Å². The third kappa shape index (κ3) is 5.23. The van der Waals surface area contributed by atoms with Gasteiger partial charge in [0.25, 0.3) is 5.56 Å². The van der Waals surface area contributed by atoms with Gasteiger partial charge in [0.1, 0.15) is 6.61 Å². The Morgan fingerprint density at radius 1 is 1.16 bits per heavy atom. The van der Waals surface area contributed by atoms with E-state index in [1.165, 1.54) is 30.1 Å². The van der Waals surface area contributed by atoms with Crippen LogP contribution in [0, 0.1) is 0 Å². The van der Waals surface area contributed by atoms with Crippen LogP contribution in [0.1, 0.15) is 49.4 Å². The summed E-state index contributed by atoms with van der Waals surface area (Å²) in [7, 11) is 3.00. The molecule has 0 radical (unpaired) electrons. The van der Waals surface area contributed by atoms with Gasteiger partial charge in [-0.25, -0.2) is 9.79 Å². The maximum atomic E-state index is 13.8. The van der Waals surface area contributed by atoms with Crippen LogP contribution in [0.4, 0.5) is 0 Å². The number of carbonyl (C=O) groups is 1. The summed E-state index contributed by atoms with van der Waals surface area (Å²) >= 11 is 1.19. The van der Waals surface area contributed by atoms with E-state index in [0.717, 1.165) is 11.1 Å². The van der Waals surface area contributed by atoms with Crippen LogP contribution in [0.25, 0.3) is 6.08 Å². The summed E-state index contributed by atoms with van der Waals surface area (Å²) in [6.45, 7) is 6.30. The van der Waals surface area contributed by atoms with Crippen LogP contribution in [0.2, 0.25) is 0 Å². The molecule has 1 aliphatic rings. The normalized spacial score (nSPS) is 15.5. The summed E-state index contributed by atoms with van der Waals surface area (Å²) in [6, 6.07) is 12.2. The summed E-state index contributed by atoms with van der Waals surface area (Å²) in [4.78, 5) is 32.0. The molecule has 2 heterocycles. The van der Waals surface area contributed by atoms with Gasteiger partial charge in [0, 0.05) is 12.7 Å². The van der Waals surface area contributed by atoms with Gasteiger partial charge < -0.3 is 19.3 Å². The third-order valence-corrected chi connectivity index (χ3v) is 7.20. The van der Waals surface area contributed by atoms with E-state index >= 15 is 0 Å². The van der Waals surface area contributed by atoms with Crippen LogP contribution in [-0.2, 0) is 14.3 Å². The van der Waals surface area contributed by atoms with Gasteiger partial charge in [-0.3, -0.25) is 9.36 Å². The molecule has 0 saturated carbocycles. The fourth-order valence-electron chi connectivity index (χ4n) is 4.22. The summed E-state index contributed by atoms with van der Waals surface area (Å²) in [5.74, 6) is 0.0372. The van der Waals surface area contributed by atoms with E-state index in [4.69, 9.17) is 14.2 Å². The van der Waals surface area contributed by atoms with E-state index in [1.54, 1.807) is 31.2 Å². The van der Waals surface area contributed by atoms with Gasteiger partial charge in [-0.05, 0) is 36.1 Å². The molecule has 37 heavy (non-hydrogen) atoms.